The normalized spacial score (nSPS) is 15.5. The molecule has 32 heavy (non-hydrogen) atoms. The summed E-state index contributed by atoms with van der Waals surface area (Å²) in [7, 11) is 0. The second-order valence-corrected chi connectivity index (χ2v) is 8.66. The highest BCUT2D eigenvalue weighted by Gasteiger charge is 2.27. The van der Waals surface area contributed by atoms with Crippen LogP contribution in [0, 0.1) is 0 Å². The summed E-state index contributed by atoms with van der Waals surface area (Å²) in [4.78, 5) is 22.5. The molecule has 4 rings (SSSR count). The van der Waals surface area contributed by atoms with Crippen LogP contribution in [0.1, 0.15) is 25.8 Å². The van der Waals surface area contributed by atoms with E-state index in [0.717, 1.165) is 29.3 Å². The minimum atomic E-state index is 0.00967. The zero-order chi connectivity index (χ0) is 22.3. The number of piperazine rings is 1. The maximum Gasteiger partial charge on any atom is 0.244 e. The topological polar surface area (TPSA) is 71.7 Å². The van der Waals surface area contributed by atoms with Crippen molar-refractivity contribution in [3.8, 4) is 17.1 Å². The first kappa shape index (κ1) is 22.4. The van der Waals surface area contributed by atoms with Crippen LogP contribution in [0.15, 0.2) is 64.0 Å². The molecule has 0 bridgehead atoms. The smallest absolute Gasteiger partial charge is 0.244 e. The number of benzene rings is 2. The highest BCUT2D eigenvalue weighted by atomic mass is 32.2. The number of hydrogen-bond acceptors (Lipinski definition) is 7. The van der Waals surface area contributed by atoms with Crippen LogP contribution < -0.4 is 4.74 Å². The van der Waals surface area contributed by atoms with Crippen LogP contribution in [0.25, 0.3) is 11.4 Å². The van der Waals surface area contributed by atoms with Gasteiger partial charge in [-0.05, 0) is 38.1 Å². The molecule has 1 aromatic heterocycles. The number of thioether (sulfide) groups is 1. The van der Waals surface area contributed by atoms with Gasteiger partial charge in [-0.2, -0.15) is 4.98 Å². The summed E-state index contributed by atoms with van der Waals surface area (Å²) < 4.78 is 11.0. The van der Waals surface area contributed by atoms with Gasteiger partial charge in [-0.1, -0.05) is 35.5 Å². The fraction of sp³-hybridized carbons (Fsp3) is 0.375. The predicted octanol–water partition coefficient (Wildman–Crippen LogP) is 4.13. The third-order valence-electron chi connectivity index (χ3n) is 5.54. The largest absolute Gasteiger partial charge is 0.494 e. The van der Waals surface area contributed by atoms with Crippen LogP contribution in [0.4, 0.5) is 0 Å². The van der Waals surface area contributed by atoms with E-state index in [-0.39, 0.29) is 11.9 Å². The Labute approximate surface area is 192 Å². The van der Waals surface area contributed by atoms with Crippen molar-refractivity contribution in [2.75, 3.05) is 38.5 Å². The van der Waals surface area contributed by atoms with E-state index >= 15 is 0 Å². The number of carbonyl (C=O) groups is 1. The molecule has 0 saturated carbocycles. The van der Waals surface area contributed by atoms with Gasteiger partial charge < -0.3 is 14.2 Å². The molecule has 1 fully saturated rings. The molecule has 1 unspecified atom stereocenters. The van der Waals surface area contributed by atoms with Crippen LogP contribution in [0.2, 0.25) is 0 Å². The Morgan fingerprint density at radius 3 is 2.50 bits per heavy atom. The fourth-order valence-corrected chi connectivity index (χ4v) is 4.46. The third-order valence-corrected chi connectivity index (χ3v) is 6.54. The van der Waals surface area contributed by atoms with Crippen molar-refractivity contribution in [1.29, 1.82) is 0 Å². The lowest BCUT2D eigenvalue weighted by Gasteiger charge is -2.36. The molecule has 0 radical (unpaired) electrons. The molecule has 2 heterocycles. The third kappa shape index (κ3) is 5.49. The van der Waals surface area contributed by atoms with E-state index in [4.69, 9.17) is 9.26 Å². The van der Waals surface area contributed by atoms with Crippen LogP contribution >= 0.6 is 11.8 Å². The summed E-state index contributed by atoms with van der Waals surface area (Å²) in [6, 6.07) is 17.7. The lowest BCUT2D eigenvalue weighted by atomic mass is 10.2. The van der Waals surface area contributed by atoms with E-state index < -0.39 is 0 Å². The summed E-state index contributed by atoms with van der Waals surface area (Å²) in [5, 5.41) is 4.13. The predicted molar refractivity (Wildman–Crippen MR) is 125 cm³/mol. The van der Waals surface area contributed by atoms with Crippen molar-refractivity contribution < 1.29 is 14.1 Å². The van der Waals surface area contributed by atoms with Gasteiger partial charge in [0.15, 0.2) is 0 Å². The quantitative estimate of drug-likeness (QED) is 0.476. The van der Waals surface area contributed by atoms with Gasteiger partial charge in [0.2, 0.25) is 17.6 Å². The van der Waals surface area contributed by atoms with Crippen molar-refractivity contribution in [2.24, 2.45) is 0 Å². The fourth-order valence-electron chi connectivity index (χ4n) is 3.66. The molecular weight excluding hydrogens is 424 g/mol. The molecule has 2 aromatic carbocycles. The minimum Gasteiger partial charge on any atom is -0.494 e. The van der Waals surface area contributed by atoms with Crippen LogP contribution in [-0.2, 0) is 4.79 Å². The summed E-state index contributed by atoms with van der Waals surface area (Å²) >= 11 is 1.56. The van der Waals surface area contributed by atoms with E-state index in [1.165, 1.54) is 0 Å². The SMILES string of the molecule is CCOc1ccc(SCC(=O)N2CCN(C(C)c3nc(-c4ccccc4)no3)CC2)cc1. The van der Waals surface area contributed by atoms with Crippen molar-refractivity contribution in [2.45, 2.75) is 24.8 Å². The van der Waals surface area contributed by atoms with Crippen LogP contribution in [0.3, 0.4) is 0 Å². The number of rotatable bonds is 8. The van der Waals surface area contributed by atoms with Gasteiger partial charge in [0, 0.05) is 36.6 Å². The van der Waals surface area contributed by atoms with Crippen LogP contribution in [0.5, 0.6) is 5.75 Å². The Morgan fingerprint density at radius 2 is 1.81 bits per heavy atom. The first-order valence-electron chi connectivity index (χ1n) is 10.9. The number of amides is 1. The maximum absolute atomic E-state index is 12.7. The van der Waals surface area contributed by atoms with Gasteiger partial charge in [-0.25, -0.2) is 0 Å². The number of ether oxygens (including phenoxy) is 1. The molecule has 3 aromatic rings. The summed E-state index contributed by atoms with van der Waals surface area (Å²) in [6.07, 6.45) is 0. The Bertz CT molecular complexity index is 1000. The Morgan fingerprint density at radius 1 is 1.09 bits per heavy atom. The van der Waals surface area contributed by atoms with E-state index in [2.05, 4.69) is 22.0 Å². The second kappa shape index (κ2) is 10.7. The van der Waals surface area contributed by atoms with Crippen molar-refractivity contribution in [1.82, 2.24) is 19.9 Å². The first-order valence-corrected chi connectivity index (χ1v) is 11.9. The first-order chi connectivity index (χ1) is 15.6. The molecule has 168 valence electrons. The zero-order valence-corrected chi connectivity index (χ0v) is 19.3. The van der Waals surface area contributed by atoms with E-state index in [9.17, 15) is 4.79 Å². The van der Waals surface area contributed by atoms with Gasteiger partial charge >= 0.3 is 0 Å². The van der Waals surface area contributed by atoms with Crippen molar-refractivity contribution in [3.63, 3.8) is 0 Å². The monoisotopic (exact) mass is 452 g/mol. The van der Waals surface area contributed by atoms with Gasteiger partial charge in [-0.15, -0.1) is 11.8 Å². The average Bonchev–Trinajstić information content (AvgIpc) is 3.34. The molecular formula is C24H28N4O3S. The summed E-state index contributed by atoms with van der Waals surface area (Å²) in [6.45, 7) is 7.65. The Kier molecular flexibility index (Phi) is 7.44. The Hall–Kier alpha value is -2.84. The Balaban J connectivity index is 1.25. The van der Waals surface area contributed by atoms with Gasteiger partial charge in [0.05, 0.1) is 18.4 Å². The molecule has 1 aliphatic heterocycles. The second-order valence-electron chi connectivity index (χ2n) is 7.61. The van der Waals surface area contributed by atoms with Gasteiger partial charge in [0.25, 0.3) is 0 Å². The zero-order valence-electron chi connectivity index (χ0n) is 18.4. The highest BCUT2D eigenvalue weighted by molar-refractivity contribution is 8.00. The molecule has 1 atom stereocenters. The summed E-state index contributed by atoms with van der Waals surface area (Å²) in [5.74, 6) is 2.67. The lowest BCUT2D eigenvalue weighted by Crippen LogP contribution is -2.49. The molecule has 1 saturated heterocycles. The van der Waals surface area contributed by atoms with Crippen molar-refractivity contribution in [3.05, 3.63) is 60.5 Å². The minimum absolute atomic E-state index is 0.00967. The number of aromatic nitrogens is 2. The molecule has 1 amide bonds. The number of carbonyl (C=O) groups excluding carboxylic acids is 1. The molecule has 1 aliphatic rings. The molecule has 8 heteroatoms. The molecule has 7 nitrogen and oxygen atoms in total. The lowest BCUT2D eigenvalue weighted by molar-refractivity contribution is -0.130. The number of nitrogens with zero attached hydrogens (tertiary/aromatic N) is 4. The van der Waals surface area contributed by atoms with E-state index in [1.807, 2.05) is 66.4 Å². The molecule has 0 spiro atoms. The number of hydrogen-bond donors (Lipinski definition) is 0. The molecule has 0 N–H and O–H groups in total. The average molecular weight is 453 g/mol. The van der Waals surface area contributed by atoms with Crippen molar-refractivity contribution >= 4 is 17.7 Å². The van der Waals surface area contributed by atoms with Gasteiger partial charge in [-0.3, -0.25) is 9.69 Å². The van der Waals surface area contributed by atoms with E-state index in [0.29, 0.717) is 37.2 Å². The van der Waals surface area contributed by atoms with E-state index in [1.54, 1.807) is 11.8 Å². The van der Waals surface area contributed by atoms with Crippen LogP contribution in [-0.4, -0.2) is 64.4 Å². The molecule has 0 aliphatic carbocycles. The highest BCUT2D eigenvalue weighted by Crippen LogP contribution is 2.25. The maximum atomic E-state index is 12.7. The summed E-state index contributed by atoms with van der Waals surface area (Å²) in [5.41, 5.74) is 0.940. The standard InChI is InChI=1S/C24H28N4O3S/c1-3-30-20-9-11-21(12-10-20)32-17-22(29)28-15-13-27(14-16-28)18(2)24-25-23(26-31-24)19-7-5-4-6-8-19/h4-12,18H,3,13-17H2,1-2H3. The van der Waals surface area contributed by atoms with Gasteiger partial charge in [0.1, 0.15) is 5.75 Å².